The van der Waals surface area contributed by atoms with Gasteiger partial charge in [-0.25, -0.2) is 9.59 Å². The van der Waals surface area contributed by atoms with E-state index in [1.807, 2.05) is 0 Å². The molecule has 2 N–H and O–H groups in total. The van der Waals surface area contributed by atoms with Crippen molar-refractivity contribution in [2.24, 2.45) is 11.8 Å². The van der Waals surface area contributed by atoms with Crippen LogP contribution in [0.25, 0.3) is 0 Å². The average molecular weight is 260 g/mol. The van der Waals surface area contributed by atoms with E-state index in [1.165, 1.54) is 14.2 Å². The maximum atomic E-state index is 11.3. The summed E-state index contributed by atoms with van der Waals surface area (Å²) >= 11 is 0. The Kier molecular flexibility index (Phi) is 7.23. The molecule has 0 aromatic carbocycles. The van der Waals surface area contributed by atoms with Gasteiger partial charge in [-0.2, -0.15) is 0 Å². The van der Waals surface area contributed by atoms with Crippen LogP contribution in [0.1, 0.15) is 13.8 Å². The first-order chi connectivity index (χ1) is 8.36. The molecule has 0 radical (unpaired) electrons. The molecule has 0 rings (SSSR count). The molecule has 0 unspecified atom stereocenters. The predicted octanol–water partition coefficient (Wildman–Crippen LogP) is 1.02. The minimum Gasteiger partial charge on any atom is -0.478 e. The smallest absolute Gasteiger partial charge is 0.332 e. The van der Waals surface area contributed by atoms with Gasteiger partial charge in [0.1, 0.15) is 0 Å². The molecular weight excluding hydrogens is 240 g/mol. The highest BCUT2D eigenvalue weighted by molar-refractivity contribution is 5.99. The van der Waals surface area contributed by atoms with Gasteiger partial charge in [-0.3, -0.25) is 0 Å². The van der Waals surface area contributed by atoms with Gasteiger partial charge in [0, 0.05) is 26.1 Å². The van der Waals surface area contributed by atoms with Crippen molar-refractivity contribution in [2.75, 3.05) is 27.4 Å². The normalized spacial score (nSPS) is 15.8. The molecule has 6 nitrogen and oxygen atoms in total. The molecule has 0 aromatic rings. The fourth-order valence-corrected chi connectivity index (χ4v) is 1.85. The molecule has 0 spiro atoms. The van der Waals surface area contributed by atoms with Crippen molar-refractivity contribution in [2.45, 2.75) is 13.8 Å². The second-order valence-electron chi connectivity index (χ2n) is 4.15. The topological polar surface area (TPSA) is 93.1 Å². The van der Waals surface area contributed by atoms with E-state index in [-0.39, 0.29) is 24.4 Å². The lowest BCUT2D eigenvalue weighted by molar-refractivity contribution is -0.137. The third kappa shape index (κ3) is 4.46. The molecule has 104 valence electrons. The number of aliphatic carboxylic acids is 2. The lowest BCUT2D eigenvalue weighted by Gasteiger charge is -2.19. The first kappa shape index (κ1) is 16.6. The van der Waals surface area contributed by atoms with Crippen LogP contribution in [0.4, 0.5) is 0 Å². The van der Waals surface area contributed by atoms with Crippen molar-refractivity contribution in [1.29, 1.82) is 0 Å². The molecule has 0 aromatic heterocycles. The standard InChI is InChI=1S/C12H20O6/c1-7(5-17-3)9(11(13)14)10(12(15)16)8(2)6-18-4/h7-8H,5-6H2,1-4H3,(H,13,14)(H,15,16)/b10-9-/t7-,8+. The average Bonchev–Trinajstić information content (AvgIpc) is 2.24. The second kappa shape index (κ2) is 7.84. The highest BCUT2D eigenvalue weighted by Gasteiger charge is 2.28. The summed E-state index contributed by atoms with van der Waals surface area (Å²) in [6.07, 6.45) is 0. The Balaban J connectivity index is 5.57. The highest BCUT2D eigenvalue weighted by atomic mass is 16.5. The zero-order valence-electron chi connectivity index (χ0n) is 11.1. The van der Waals surface area contributed by atoms with Crippen molar-refractivity contribution in [3.8, 4) is 0 Å². The third-order valence-corrected chi connectivity index (χ3v) is 2.57. The van der Waals surface area contributed by atoms with Gasteiger partial charge in [0.05, 0.1) is 24.4 Å². The summed E-state index contributed by atoms with van der Waals surface area (Å²) in [5.41, 5.74) is -0.261. The zero-order chi connectivity index (χ0) is 14.3. The molecule has 0 fully saturated rings. The van der Waals surface area contributed by atoms with E-state index in [1.54, 1.807) is 13.8 Å². The first-order valence-electron chi connectivity index (χ1n) is 5.55. The SMILES string of the molecule is COC[C@@H](C)/C(C(=O)O)=C(/C(=O)O)[C@@H](C)COC. The number of hydrogen-bond donors (Lipinski definition) is 2. The van der Waals surface area contributed by atoms with Crippen LogP contribution in [0.15, 0.2) is 11.1 Å². The van der Waals surface area contributed by atoms with E-state index in [0.717, 1.165) is 0 Å². The van der Waals surface area contributed by atoms with E-state index in [0.29, 0.717) is 0 Å². The van der Waals surface area contributed by atoms with Crippen LogP contribution in [0.5, 0.6) is 0 Å². The predicted molar refractivity (Wildman–Crippen MR) is 64.4 cm³/mol. The van der Waals surface area contributed by atoms with Gasteiger partial charge in [0.25, 0.3) is 0 Å². The first-order valence-corrected chi connectivity index (χ1v) is 5.55. The summed E-state index contributed by atoms with van der Waals surface area (Å²) in [5.74, 6) is -3.48. The summed E-state index contributed by atoms with van der Waals surface area (Å²) < 4.78 is 9.77. The maximum absolute atomic E-state index is 11.3. The third-order valence-electron chi connectivity index (χ3n) is 2.57. The summed E-state index contributed by atoms with van der Waals surface area (Å²) in [7, 11) is 2.88. The van der Waals surface area contributed by atoms with Crippen LogP contribution in [-0.4, -0.2) is 49.6 Å². The van der Waals surface area contributed by atoms with E-state index in [2.05, 4.69) is 0 Å². The van der Waals surface area contributed by atoms with Gasteiger partial charge in [-0.05, 0) is 0 Å². The monoisotopic (exact) mass is 260 g/mol. The van der Waals surface area contributed by atoms with Crippen molar-refractivity contribution in [3.63, 3.8) is 0 Å². The van der Waals surface area contributed by atoms with Crippen molar-refractivity contribution >= 4 is 11.9 Å². The van der Waals surface area contributed by atoms with E-state index >= 15 is 0 Å². The lowest BCUT2D eigenvalue weighted by Crippen LogP contribution is -2.25. The van der Waals surface area contributed by atoms with E-state index in [4.69, 9.17) is 9.47 Å². The summed E-state index contributed by atoms with van der Waals surface area (Å²) in [6, 6.07) is 0. The molecule has 2 atom stereocenters. The molecule has 0 amide bonds. The Morgan fingerprint density at radius 1 is 0.889 bits per heavy atom. The fourth-order valence-electron chi connectivity index (χ4n) is 1.85. The van der Waals surface area contributed by atoms with Crippen molar-refractivity contribution in [3.05, 3.63) is 11.1 Å². The summed E-state index contributed by atoms with van der Waals surface area (Å²) in [5, 5.41) is 18.4. The van der Waals surface area contributed by atoms with Crippen LogP contribution in [0.3, 0.4) is 0 Å². The Bertz CT molecular complexity index is 301. The quantitative estimate of drug-likeness (QED) is 0.633. The van der Waals surface area contributed by atoms with E-state index < -0.39 is 23.8 Å². The molecule has 0 bridgehead atoms. The van der Waals surface area contributed by atoms with Crippen LogP contribution in [0, 0.1) is 11.8 Å². The minimum absolute atomic E-state index is 0.131. The minimum atomic E-state index is -1.24. The number of hydrogen-bond acceptors (Lipinski definition) is 4. The number of carboxylic acids is 2. The molecule has 0 saturated heterocycles. The van der Waals surface area contributed by atoms with Gasteiger partial charge >= 0.3 is 11.9 Å². The van der Waals surface area contributed by atoms with Crippen LogP contribution in [0.2, 0.25) is 0 Å². The molecule has 0 aliphatic carbocycles. The van der Waals surface area contributed by atoms with Crippen LogP contribution >= 0.6 is 0 Å². The Morgan fingerprint density at radius 3 is 1.33 bits per heavy atom. The summed E-state index contributed by atoms with van der Waals surface area (Å²) in [6.45, 7) is 3.54. The van der Waals surface area contributed by atoms with Crippen molar-refractivity contribution in [1.82, 2.24) is 0 Å². The maximum Gasteiger partial charge on any atom is 0.332 e. The van der Waals surface area contributed by atoms with Gasteiger partial charge in [0.15, 0.2) is 0 Å². The molecular formula is C12H20O6. The van der Waals surface area contributed by atoms with Crippen LogP contribution < -0.4 is 0 Å². The van der Waals surface area contributed by atoms with Gasteiger partial charge in [-0.1, -0.05) is 13.8 Å². The molecule has 0 heterocycles. The summed E-state index contributed by atoms with van der Waals surface area (Å²) in [4.78, 5) is 22.5. The Hall–Kier alpha value is -1.40. The van der Waals surface area contributed by atoms with Gasteiger partial charge < -0.3 is 19.7 Å². The molecule has 6 heteroatoms. The zero-order valence-corrected chi connectivity index (χ0v) is 11.1. The molecule has 18 heavy (non-hydrogen) atoms. The molecule has 0 saturated carbocycles. The van der Waals surface area contributed by atoms with E-state index in [9.17, 15) is 19.8 Å². The highest BCUT2D eigenvalue weighted by Crippen LogP contribution is 2.23. The van der Waals surface area contributed by atoms with Crippen molar-refractivity contribution < 1.29 is 29.3 Å². The number of carboxylic acid groups (broad SMARTS) is 2. The van der Waals surface area contributed by atoms with Crippen LogP contribution in [-0.2, 0) is 19.1 Å². The van der Waals surface area contributed by atoms with Gasteiger partial charge in [0.2, 0.25) is 0 Å². The fraction of sp³-hybridized carbons (Fsp3) is 0.667. The lowest BCUT2D eigenvalue weighted by atomic mass is 9.89. The van der Waals surface area contributed by atoms with Gasteiger partial charge in [-0.15, -0.1) is 0 Å². The largest absolute Gasteiger partial charge is 0.478 e. The number of carbonyl (C=O) groups is 2. The molecule has 0 aliphatic heterocycles. The Labute approximate surface area is 106 Å². The molecule has 0 aliphatic rings. The number of rotatable bonds is 8. The number of methoxy groups -OCH3 is 2. The number of ether oxygens (including phenoxy) is 2. The second-order valence-corrected chi connectivity index (χ2v) is 4.15. The Morgan fingerprint density at radius 2 is 1.17 bits per heavy atom.